The molecule has 10 nitrogen and oxygen atoms in total. The molecule has 0 bridgehead atoms. The van der Waals surface area contributed by atoms with Gasteiger partial charge in [-0.25, -0.2) is 19.8 Å². The van der Waals surface area contributed by atoms with Gasteiger partial charge in [0.25, 0.3) is 5.91 Å². The molecule has 156 valence electrons. The number of rotatable bonds is 4. The average Bonchev–Trinajstić information content (AvgIpc) is 3.06. The number of hydrogen-bond acceptors (Lipinski definition) is 9. The lowest BCUT2D eigenvalue weighted by Gasteiger charge is -2.38. The van der Waals surface area contributed by atoms with Crippen LogP contribution in [0.5, 0.6) is 0 Å². The van der Waals surface area contributed by atoms with Crippen LogP contribution in [0.3, 0.4) is 0 Å². The van der Waals surface area contributed by atoms with Crippen molar-refractivity contribution >= 4 is 29.7 Å². The van der Waals surface area contributed by atoms with Crippen LogP contribution in [-0.2, 0) is 9.53 Å². The molecule has 0 saturated carbocycles. The minimum absolute atomic E-state index is 0.308. The van der Waals surface area contributed by atoms with Crippen molar-refractivity contribution in [3.63, 3.8) is 0 Å². The monoisotopic (exact) mass is 419 g/mol. The van der Waals surface area contributed by atoms with Gasteiger partial charge in [-0.15, -0.1) is 0 Å². The second-order valence-corrected chi connectivity index (χ2v) is 8.33. The highest BCUT2D eigenvalue weighted by molar-refractivity contribution is 7.99. The van der Waals surface area contributed by atoms with Gasteiger partial charge < -0.3 is 19.4 Å². The maximum Gasteiger partial charge on any atom is 0.325 e. The number of imide groups is 1. The van der Waals surface area contributed by atoms with E-state index in [0.717, 1.165) is 22.5 Å². The number of aromatic nitrogens is 2. The Morgan fingerprint density at radius 2 is 1.90 bits per heavy atom. The third-order valence-corrected chi connectivity index (χ3v) is 5.99. The first kappa shape index (κ1) is 19.9. The third kappa shape index (κ3) is 4.01. The highest BCUT2D eigenvalue weighted by Gasteiger charge is 2.49. The molecule has 0 aromatic carbocycles. The van der Waals surface area contributed by atoms with Gasteiger partial charge in [0.05, 0.1) is 13.2 Å². The van der Waals surface area contributed by atoms with E-state index in [1.807, 2.05) is 24.8 Å². The number of carbonyl (C=O) groups is 2. The number of morpholine rings is 1. The molecule has 2 fully saturated rings. The van der Waals surface area contributed by atoms with E-state index in [-0.39, 0.29) is 5.91 Å². The Balaban J connectivity index is 1.52. The molecule has 29 heavy (non-hydrogen) atoms. The molecule has 0 spiro atoms. The van der Waals surface area contributed by atoms with Crippen molar-refractivity contribution in [1.29, 1.82) is 0 Å². The summed E-state index contributed by atoms with van der Waals surface area (Å²) < 4.78 is 5.45. The van der Waals surface area contributed by atoms with Crippen molar-refractivity contribution in [1.82, 2.24) is 30.0 Å². The zero-order valence-corrected chi connectivity index (χ0v) is 17.6. The van der Waals surface area contributed by atoms with Gasteiger partial charge in [0.1, 0.15) is 0 Å². The van der Waals surface area contributed by atoms with Crippen LogP contribution in [0, 0.1) is 13.8 Å². The van der Waals surface area contributed by atoms with Crippen molar-refractivity contribution in [2.75, 3.05) is 45.6 Å². The highest BCUT2D eigenvalue weighted by atomic mass is 32.2. The fourth-order valence-corrected chi connectivity index (χ4v) is 4.66. The van der Waals surface area contributed by atoms with E-state index in [1.54, 1.807) is 18.8 Å². The van der Waals surface area contributed by atoms with Crippen molar-refractivity contribution in [2.45, 2.75) is 31.2 Å². The van der Waals surface area contributed by atoms with Crippen LogP contribution in [0.25, 0.3) is 0 Å². The van der Waals surface area contributed by atoms with Gasteiger partial charge in [0.2, 0.25) is 0 Å². The number of urea groups is 1. The Bertz CT molecular complexity index is 822. The topological polar surface area (TPSA) is 103 Å². The van der Waals surface area contributed by atoms with E-state index >= 15 is 0 Å². The number of fused-ring (bicyclic) bond motifs is 1. The fourth-order valence-electron chi connectivity index (χ4n) is 3.77. The van der Waals surface area contributed by atoms with Gasteiger partial charge in [-0.3, -0.25) is 10.1 Å². The summed E-state index contributed by atoms with van der Waals surface area (Å²) in [6.07, 6.45) is -0.517. The van der Waals surface area contributed by atoms with Crippen LogP contribution in [-0.4, -0.2) is 100 Å². The van der Waals surface area contributed by atoms with Crippen LogP contribution in [0.1, 0.15) is 11.4 Å². The quantitative estimate of drug-likeness (QED) is 0.540. The van der Waals surface area contributed by atoms with Gasteiger partial charge in [-0.2, -0.15) is 0 Å². The van der Waals surface area contributed by atoms with Crippen molar-refractivity contribution in [2.24, 2.45) is 4.99 Å². The molecule has 4 heterocycles. The molecule has 3 aliphatic heterocycles. The number of guanidine groups is 1. The minimum atomic E-state index is -0.531. The summed E-state index contributed by atoms with van der Waals surface area (Å²) in [5.41, 5.74) is 1.87. The van der Waals surface area contributed by atoms with E-state index < -0.39 is 18.2 Å². The normalized spacial score (nSPS) is 24.5. The van der Waals surface area contributed by atoms with Gasteiger partial charge in [-0.1, -0.05) is 11.8 Å². The summed E-state index contributed by atoms with van der Waals surface area (Å²) in [5.74, 6) is 1.14. The first-order chi connectivity index (χ1) is 13.9. The molecule has 1 N–H and O–H groups in total. The average molecular weight is 420 g/mol. The molecular weight excluding hydrogens is 394 g/mol. The number of carbonyl (C=O) groups excluding carboxylic acids is 2. The van der Waals surface area contributed by atoms with Gasteiger partial charge in [-0.05, 0) is 19.9 Å². The van der Waals surface area contributed by atoms with Crippen molar-refractivity contribution < 1.29 is 14.3 Å². The Morgan fingerprint density at radius 1 is 1.21 bits per heavy atom. The molecule has 3 amide bonds. The second-order valence-electron chi connectivity index (χ2n) is 7.27. The van der Waals surface area contributed by atoms with Crippen LogP contribution in [0.15, 0.2) is 16.2 Å². The lowest BCUT2D eigenvalue weighted by molar-refractivity contribution is -0.127. The lowest BCUT2D eigenvalue weighted by atomic mass is 10.1. The number of likely N-dealkylation sites (N-methyl/N-ethyl adjacent to an activating group) is 1. The molecule has 2 saturated heterocycles. The number of nitrogens with one attached hydrogen (secondary N) is 1. The number of thioether (sulfide) groups is 1. The number of aryl methyl sites for hydroxylation is 2. The third-order valence-electron chi connectivity index (χ3n) is 5.16. The van der Waals surface area contributed by atoms with Crippen LogP contribution < -0.4 is 5.32 Å². The number of amides is 3. The van der Waals surface area contributed by atoms with Gasteiger partial charge in [0.15, 0.2) is 23.3 Å². The molecular formula is C18H25N7O3S. The van der Waals surface area contributed by atoms with Gasteiger partial charge >= 0.3 is 6.03 Å². The standard InChI is InChI=1S/C18H25N7O3S/c1-11-10-12(2)20-16(19-11)29-9-6-25-13-14(23(3)18(27)22-15(13)26)21-17(25)24-4-7-28-8-5-24/h10,13-14H,4-9H2,1-3H3,(H,22,26,27). The van der Waals surface area contributed by atoms with Crippen LogP contribution in [0.4, 0.5) is 4.79 Å². The Labute approximate surface area is 173 Å². The summed E-state index contributed by atoms with van der Waals surface area (Å²) in [5, 5.41) is 3.16. The molecule has 11 heteroatoms. The molecule has 4 rings (SSSR count). The largest absolute Gasteiger partial charge is 0.378 e. The molecule has 2 atom stereocenters. The van der Waals surface area contributed by atoms with E-state index in [4.69, 9.17) is 9.73 Å². The Morgan fingerprint density at radius 3 is 2.59 bits per heavy atom. The SMILES string of the molecule is Cc1cc(C)nc(SCCN2C(N3CCOCC3)=NC3C2C(=O)NC(=O)N3C)n1. The fraction of sp³-hybridized carbons (Fsp3) is 0.611. The zero-order chi connectivity index (χ0) is 20.5. The molecule has 0 radical (unpaired) electrons. The summed E-state index contributed by atoms with van der Waals surface area (Å²) in [6.45, 7) is 7.15. The summed E-state index contributed by atoms with van der Waals surface area (Å²) in [4.78, 5) is 44.0. The first-order valence-electron chi connectivity index (χ1n) is 9.64. The van der Waals surface area contributed by atoms with Crippen molar-refractivity contribution in [3.8, 4) is 0 Å². The van der Waals surface area contributed by atoms with Crippen LogP contribution in [0.2, 0.25) is 0 Å². The maximum atomic E-state index is 12.6. The van der Waals surface area contributed by atoms with Crippen molar-refractivity contribution in [3.05, 3.63) is 17.5 Å². The number of hydrogen-bond donors (Lipinski definition) is 1. The Kier molecular flexibility index (Phi) is 5.59. The van der Waals surface area contributed by atoms with E-state index in [9.17, 15) is 9.59 Å². The molecule has 3 aliphatic rings. The number of aliphatic imine (C=N–C) groups is 1. The molecule has 2 unspecified atom stereocenters. The van der Waals surface area contributed by atoms with E-state index in [0.29, 0.717) is 38.6 Å². The summed E-state index contributed by atoms with van der Waals surface area (Å²) in [7, 11) is 1.67. The minimum Gasteiger partial charge on any atom is -0.378 e. The second kappa shape index (κ2) is 8.15. The summed E-state index contributed by atoms with van der Waals surface area (Å²) >= 11 is 1.55. The zero-order valence-electron chi connectivity index (χ0n) is 16.8. The highest BCUT2D eigenvalue weighted by Crippen LogP contribution is 2.26. The summed E-state index contributed by atoms with van der Waals surface area (Å²) in [6, 6.07) is 0.995. The van der Waals surface area contributed by atoms with E-state index in [2.05, 4.69) is 20.2 Å². The van der Waals surface area contributed by atoms with E-state index in [1.165, 1.54) is 4.90 Å². The van der Waals surface area contributed by atoms with Crippen LogP contribution >= 0.6 is 11.8 Å². The lowest BCUT2D eigenvalue weighted by Crippen LogP contribution is -2.64. The predicted molar refractivity (Wildman–Crippen MR) is 108 cm³/mol. The molecule has 0 aliphatic carbocycles. The van der Waals surface area contributed by atoms with Gasteiger partial charge in [0, 0.05) is 43.8 Å². The maximum absolute atomic E-state index is 12.6. The predicted octanol–water partition coefficient (Wildman–Crippen LogP) is 0.0656. The number of nitrogens with zero attached hydrogens (tertiary/aromatic N) is 6. The molecule has 1 aromatic rings. The Hall–Kier alpha value is -2.40. The number of ether oxygens (including phenoxy) is 1. The smallest absolute Gasteiger partial charge is 0.325 e. The first-order valence-corrected chi connectivity index (χ1v) is 10.6. The molecule has 1 aromatic heterocycles.